The lowest BCUT2D eigenvalue weighted by Gasteiger charge is -2.24. The van der Waals surface area contributed by atoms with Gasteiger partial charge in [0.1, 0.15) is 5.54 Å². The second-order valence-electron chi connectivity index (χ2n) is 6.21. The predicted molar refractivity (Wildman–Crippen MR) is 93.1 cm³/mol. The van der Waals surface area contributed by atoms with Gasteiger partial charge in [-0.1, -0.05) is 13.8 Å². The Labute approximate surface area is 145 Å². The third-order valence-corrected chi connectivity index (χ3v) is 4.97. The maximum Gasteiger partial charge on any atom is 0.330 e. The zero-order chi connectivity index (χ0) is 17.7. The Bertz CT molecular complexity index is 611. The molecule has 2 N–H and O–H groups in total. The van der Waals surface area contributed by atoms with Crippen molar-refractivity contribution < 1.29 is 24.2 Å². The Morgan fingerprint density at radius 3 is 2.67 bits per heavy atom. The fourth-order valence-electron chi connectivity index (χ4n) is 2.36. The summed E-state index contributed by atoms with van der Waals surface area (Å²) in [5.74, 6) is 1.06. The number of carboxylic acid groups (broad SMARTS) is 1. The van der Waals surface area contributed by atoms with Crippen LogP contribution in [0, 0.1) is 5.92 Å². The van der Waals surface area contributed by atoms with E-state index in [1.165, 1.54) is 18.9 Å². The van der Waals surface area contributed by atoms with Crippen LogP contribution in [0.1, 0.15) is 30.6 Å². The van der Waals surface area contributed by atoms with Crippen LogP contribution in [0.3, 0.4) is 0 Å². The van der Waals surface area contributed by atoms with E-state index in [1.54, 1.807) is 18.2 Å². The molecule has 1 aromatic carbocycles. The maximum absolute atomic E-state index is 12.5. The molecule has 7 heteroatoms. The molecule has 0 bridgehead atoms. The number of nitrogens with one attached hydrogen (secondary N) is 1. The molecule has 1 unspecified atom stereocenters. The van der Waals surface area contributed by atoms with Crippen molar-refractivity contribution in [3.8, 4) is 11.5 Å². The van der Waals surface area contributed by atoms with E-state index in [0.29, 0.717) is 41.8 Å². The molecule has 2 rings (SSSR count). The fraction of sp³-hybridized carbons (Fsp3) is 0.529. The summed E-state index contributed by atoms with van der Waals surface area (Å²) >= 11 is 1.53. The molecule has 1 saturated heterocycles. The molecule has 1 heterocycles. The van der Waals surface area contributed by atoms with Crippen LogP contribution in [0.4, 0.5) is 0 Å². The molecule has 1 amide bonds. The minimum atomic E-state index is -1.19. The molecule has 0 aliphatic carbocycles. The van der Waals surface area contributed by atoms with Crippen molar-refractivity contribution in [2.75, 3.05) is 25.2 Å². The lowest BCUT2D eigenvalue weighted by Crippen LogP contribution is -2.54. The molecule has 6 nitrogen and oxygen atoms in total. The van der Waals surface area contributed by atoms with Crippen LogP contribution in [-0.4, -0.2) is 47.7 Å². The third-order valence-electron chi connectivity index (χ3n) is 3.78. The molecular formula is C17H23NO5S. The first-order chi connectivity index (χ1) is 11.4. The number of methoxy groups -OCH3 is 1. The van der Waals surface area contributed by atoms with E-state index >= 15 is 0 Å². The highest BCUT2D eigenvalue weighted by atomic mass is 32.2. The lowest BCUT2D eigenvalue weighted by atomic mass is 9.98. The SMILES string of the molecule is COc1cc(C(=O)NC2(C(=O)O)CCSC2)ccc1OCC(C)C. The van der Waals surface area contributed by atoms with Crippen LogP contribution >= 0.6 is 11.8 Å². The topological polar surface area (TPSA) is 84.9 Å². The monoisotopic (exact) mass is 353 g/mol. The van der Waals surface area contributed by atoms with Gasteiger partial charge in [-0.05, 0) is 36.3 Å². The van der Waals surface area contributed by atoms with Gasteiger partial charge >= 0.3 is 5.97 Å². The molecule has 132 valence electrons. The van der Waals surface area contributed by atoms with Crippen molar-refractivity contribution in [2.24, 2.45) is 5.92 Å². The smallest absolute Gasteiger partial charge is 0.330 e. The molecule has 0 radical (unpaired) electrons. The predicted octanol–water partition coefficient (Wildman–Crippen LogP) is 2.42. The van der Waals surface area contributed by atoms with Crippen molar-refractivity contribution >= 4 is 23.6 Å². The number of aliphatic carboxylic acids is 1. The number of carbonyl (C=O) groups excluding carboxylic acids is 1. The molecule has 1 aliphatic heterocycles. The lowest BCUT2D eigenvalue weighted by molar-refractivity contribution is -0.143. The number of hydrogen-bond acceptors (Lipinski definition) is 5. The molecule has 24 heavy (non-hydrogen) atoms. The number of thioether (sulfide) groups is 1. The summed E-state index contributed by atoms with van der Waals surface area (Å²) in [6, 6.07) is 4.86. The largest absolute Gasteiger partial charge is 0.493 e. The Hall–Kier alpha value is -1.89. The van der Waals surface area contributed by atoms with Crippen LogP contribution in [-0.2, 0) is 4.79 Å². The van der Waals surface area contributed by atoms with Gasteiger partial charge in [-0.25, -0.2) is 4.79 Å². The first-order valence-corrected chi connectivity index (χ1v) is 8.98. The summed E-state index contributed by atoms with van der Waals surface area (Å²) in [6.45, 7) is 4.62. The summed E-state index contributed by atoms with van der Waals surface area (Å²) < 4.78 is 10.9. The van der Waals surface area contributed by atoms with Gasteiger partial charge in [0.05, 0.1) is 13.7 Å². The normalized spacial score (nSPS) is 20.0. The Kier molecular flexibility index (Phi) is 5.99. The molecule has 1 aromatic rings. The van der Waals surface area contributed by atoms with Crippen molar-refractivity contribution in [1.29, 1.82) is 0 Å². The Balaban J connectivity index is 2.16. The first kappa shape index (κ1) is 18.4. The van der Waals surface area contributed by atoms with E-state index in [2.05, 4.69) is 5.32 Å². The molecular weight excluding hydrogens is 330 g/mol. The van der Waals surface area contributed by atoms with Crippen LogP contribution in [0.5, 0.6) is 11.5 Å². The van der Waals surface area contributed by atoms with Gasteiger partial charge in [-0.3, -0.25) is 4.79 Å². The molecule has 0 saturated carbocycles. The van der Waals surface area contributed by atoms with Gasteiger partial charge < -0.3 is 19.9 Å². The Morgan fingerprint density at radius 2 is 2.12 bits per heavy atom. The summed E-state index contributed by atoms with van der Waals surface area (Å²) in [6.07, 6.45) is 0.422. The van der Waals surface area contributed by atoms with Crippen LogP contribution in [0.2, 0.25) is 0 Å². The summed E-state index contributed by atoms with van der Waals surface area (Å²) in [4.78, 5) is 24.0. The van der Waals surface area contributed by atoms with Gasteiger partial charge in [0, 0.05) is 11.3 Å². The minimum absolute atomic E-state index is 0.348. The van der Waals surface area contributed by atoms with E-state index in [1.807, 2.05) is 13.8 Å². The number of rotatable bonds is 7. The quantitative estimate of drug-likeness (QED) is 0.783. The van der Waals surface area contributed by atoms with Crippen molar-refractivity contribution in [3.05, 3.63) is 23.8 Å². The fourth-order valence-corrected chi connectivity index (χ4v) is 3.69. The second-order valence-corrected chi connectivity index (χ2v) is 7.32. The van der Waals surface area contributed by atoms with Gasteiger partial charge in [0.25, 0.3) is 5.91 Å². The zero-order valence-corrected chi connectivity index (χ0v) is 14.9. The number of carboxylic acids is 1. The Morgan fingerprint density at radius 1 is 1.38 bits per heavy atom. The van der Waals surface area contributed by atoms with Crippen LogP contribution < -0.4 is 14.8 Å². The van der Waals surface area contributed by atoms with Gasteiger partial charge in [-0.15, -0.1) is 0 Å². The summed E-state index contributed by atoms with van der Waals surface area (Å²) in [5, 5.41) is 12.1. The number of ether oxygens (including phenoxy) is 2. The second kappa shape index (κ2) is 7.79. The van der Waals surface area contributed by atoms with E-state index in [9.17, 15) is 14.7 Å². The first-order valence-electron chi connectivity index (χ1n) is 7.82. The standard InChI is InChI=1S/C17H23NO5S/c1-11(2)9-23-13-5-4-12(8-14(13)22-3)15(19)18-17(16(20)21)6-7-24-10-17/h4-5,8,11H,6-7,9-10H2,1-3H3,(H,18,19)(H,20,21). The average Bonchev–Trinajstić information content (AvgIpc) is 3.02. The highest BCUT2D eigenvalue weighted by Crippen LogP contribution is 2.31. The highest BCUT2D eigenvalue weighted by molar-refractivity contribution is 7.99. The maximum atomic E-state index is 12.5. The molecule has 1 aliphatic rings. The molecule has 0 spiro atoms. The van der Waals surface area contributed by atoms with Gasteiger partial charge in [0.2, 0.25) is 0 Å². The number of carbonyl (C=O) groups is 2. The summed E-state index contributed by atoms with van der Waals surface area (Å²) in [7, 11) is 1.51. The van der Waals surface area contributed by atoms with Gasteiger partial charge in [-0.2, -0.15) is 11.8 Å². The van der Waals surface area contributed by atoms with E-state index in [-0.39, 0.29) is 0 Å². The minimum Gasteiger partial charge on any atom is -0.493 e. The van der Waals surface area contributed by atoms with E-state index in [0.717, 1.165) is 5.75 Å². The van der Waals surface area contributed by atoms with Crippen molar-refractivity contribution in [3.63, 3.8) is 0 Å². The van der Waals surface area contributed by atoms with E-state index in [4.69, 9.17) is 9.47 Å². The van der Waals surface area contributed by atoms with Crippen molar-refractivity contribution in [2.45, 2.75) is 25.8 Å². The van der Waals surface area contributed by atoms with Crippen molar-refractivity contribution in [1.82, 2.24) is 5.32 Å². The molecule has 1 atom stereocenters. The van der Waals surface area contributed by atoms with E-state index < -0.39 is 17.4 Å². The highest BCUT2D eigenvalue weighted by Gasteiger charge is 2.43. The number of benzene rings is 1. The molecule has 0 aromatic heterocycles. The number of amides is 1. The van der Waals surface area contributed by atoms with Gasteiger partial charge in [0.15, 0.2) is 11.5 Å². The molecule has 1 fully saturated rings. The van der Waals surface area contributed by atoms with Crippen LogP contribution in [0.25, 0.3) is 0 Å². The number of hydrogen-bond donors (Lipinski definition) is 2. The van der Waals surface area contributed by atoms with Crippen LogP contribution in [0.15, 0.2) is 18.2 Å². The third kappa shape index (κ3) is 4.14. The average molecular weight is 353 g/mol. The summed E-state index contributed by atoms with van der Waals surface area (Å²) in [5.41, 5.74) is -0.844. The zero-order valence-electron chi connectivity index (χ0n) is 14.1.